The topological polar surface area (TPSA) is 52.6 Å². The van der Waals surface area contributed by atoms with Crippen molar-refractivity contribution in [1.82, 2.24) is 0 Å². The summed E-state index contributed by atoms with van der Waals surface area (Å²) in [6.07, 6.45) is 5.08. The minimum atomic E-state index is -0.556. The van der Waals surface area contributed by atoms with Crippen molar-refractivity contribution in [3.8, 4) is 0 Å². The molecule has 0 spiro atoms. The molecule has 1 aliphatic carbocycles. The first-order valence-electron chi connectivity index (χ1n) is 9.52. The zero-order chi connectivity index (χ0) is 19.2. The first-order valence-corrected chi connectivity index (χ1v) is 9.52. The number of carbonyl (C=O) groups excluding carboxylic acids is 2. The molecule has 1 aromatic rings. The van der Waals surface area contributed by atoms with E-state index < -0.39 is 17.7 Å². The number of aryl methyl sites for hydroxylation is 1. The van der Waals surface area contributed by atoms with Gasteiger partial charge in [0.05, 0.1) is 6.42 Å². The maximum absolute atomic E-state index is 12.6. The van der Waals surface area contributed by atoms with Gasteiger partial charge in [0.25, 0.3) is 0 Å². The van der Waals surface area contributed by atoms with Gasteiger partial charge in [-0.2, -0.15) is 0 Å². The van der Waals surface area contributed by atoms with E-state index in [0.717, 1.165) is 31.2 Å². The second kappa shape index (κ2) is 9.02. The van der Waals surface area contributed by atoms with Gasteiger partial charge in [-0.3, -0.25) is 4.79 Å². The van der Waals surface area contributed by atoms with Crippen molar-refractivity contribution in [3.05, 3.63) is 47.5 Å². The molecule has 26 heavy (non-hydrogen) atoms. The zero-order valence-corrected chi connectivity index (χ0v) is 16.2. The molecule has 1 aromatic carbocycles. The molecular formula is C22H30O4. The Morgan fingerprint density at radius 3 is 2.31 bits per heavy atom. The van der Waals surface area contributed by atoms with E-state index in [1.165, 1.54) is 12.0 Å². The third-order valence-corrected chi connectivity index (χ3v) is 5.02. The van der Waals surface area contributed by atoms with Gasteiger partial charge in [0.15, 0.2) is 0 Å². The smallest absolute Gasteiger partial charge is 0.333 e. The van der Waals surface area contributed by atoms with Crippen LogP contribution in [0.3, 0.4) is 0 Å². The van der Waals surface area contributed by atoms with Crippen molar-refractivity contribution >= 4 is 11.9 Å². The highest BCUT2D eigenvalue weighted by atomic mass is 16.6. The fourth-order valence-electron chi connectivity index (χ4n) is 3.40. The zero-order valence-electron chi connectivity index (χ0n) is 16.2. The van der Waals surface area contributed by atoms with Crippen molar-refractivity contribution in [2.45, 2.75) is 77.4 Å². The van der Waals surface area contributed by atoms with Gasteiger partial charge in [-0.15, -0.1) is 0 Å². The van der Waals surface area contributed by atoms with E-state index in [-0.39, 0.29) is 12.4 Å². The lowest BCUT2D eigenvalue weighted by atomic mass is 9.79. The fraction of sp³-hybridized carbons (Fsp3) is 0.545. The summed E-state index contributed by atoms with van der Waals surface area (Å²) >= 11 is 0. The molecule has 0 aliphatic heterocycles. The van der Waals surface area contributed by atoms with Gasteiger partial charge in [-0.25, -0.2) is 4.79 Å². The maximum Gasteiger partial charge on any atom is 0.333 e. The molecule has 1 fully saturated rings. The second-order valence-corrected chi connectivity index (χ2v) is 7.32. The third kappa shape index (κ3) is 5.20. The third-order valence-electron chi connectivity index (χ3n) is 5.02. The summed E-state index contributed by atoms with van der Waals surface area (Å²) in [7, 11) is 0. The van der Waals surface area contributed by atoms with Crippen LogP contribution in [0.4, 0.5) is 0 Å². The molecule has 0 aromatic heterocycles. The minimum absolute atomic E-state index is 0.0726. The number of rotatable bonds is 7. The molecule has 0 bridgehead atoms. The van der Waals surface area contributed by atoms with Crippen LogP contribution in [-0.4, -0.2) is 18.0 Å². The number of esters is 2. The Bertz CT molecular complexity index is 639. The van der Waals surface area contributed by atoms with Crippen molar-refractivity contribution < 1.29 is 19.1 Å². The second-order valence-electron chi connectivity index (χ2n) is 7.32. The van der Waals surface area contributed by atoms with E-state index in [4.69, 9.17) is 9.47 Å². The fourth-order valence-corrected chi connectivity index (χ4v) is 3.40. The number of hydrogen-bond donors (Lipinski definition) is 0. The van der Waals surface area contributed by atoms with E-state index >= 15 is 0 Å². The van der Waals surface area contributed by atoms with Crippen LogP contribution < -0.4 is 0 Å². The Morgan fingerprint density at radius 1 is 1.15 bits per heavy atom. The molecule has 1 saturated carbocycles. The van der Waals surface area contributed by atoms with Crippen LogP contribution in [0.25, 0.3) is 0 Å². The van der Waals surface area contributed by atoms with Crippen molar-refractivity contribution in [1.29, 1.82) is 0 Å². The van der Waals surface area contributed by atoms with Crippen LogP contribution in [0.15, 0.2) is 36.4 Å². The highest BCUT2D eigenvalue weighted by molar-refractivity contribution is 5.87. The number of carbonyl (C=O) groups is 2. The lowest BCUT2D eigenvalue weighted by molar-refractivity contribution is -0.169. The number of benzene rings is 1. The Morgan fingerprint density at radius 2 is 1.77 bits per heavy atom. The molecule has 0 radical (unpaired) electrons. The van der Waals surface area contributed by atoms with Crippen LogP contribution in [-0.2, 0) is 24.7 Å². The van der Waals surface area contributed by atoms with E-state index in [1.54, 1.807) is 6.92 Å². The lowest BCUT2D eigenvalue weighted by Crippen LogP contribution is -2.36. The molecule has 0 N–H and O–H groups in total. The van der Waals surface area contributed by atoms with Gasteiger partial charge in [-0.05, 0) is 51.5 Å². The average Bonchev–Trinajstić information content (AvgIpc) is 2.62. The largest absolute Gasteiger partial charge is 0.458 e. The first kappa shape index (κ1) is 20.2. The highest BCUT2D eigenvalue weighted by Gasteiger charge is 2.38. The summed E-state index contributed by atoms with van der Waals surface area (Å²) in [5.74, 6) is -0.774. The van der Waals surface area contributed by atoms with Gasteiger partial charge in [0, 0.05) is 5.57 Å². The predicted molar refractivity (Wildman–Crippen MR) is 102 cm³/mol. The SMILES string of the molecule is C=C(C)C(=O)OC(CC)CC(=O)OC1(c2ccc(C)cc2)CCCCC1. The van der Waals surface area contributed by atoms with E-state index in [1.807, 2.05) is 13.8 Å². The summed E-state index contributed by atoms with van der Waals surface area (Å²) in [6.45, 7) is 9.12. The van der Waals surface area contributed by atoms with Crippen LogP contribution in [0.1, 0.15) is 69.9 Å². The molecule has 0 saturated heterocycles. The van der Waals surface area contributed by atoms with Crippen molar-refractivity contribution in [2.24, 2.45) is 0 Å². The van der Waals surface area contributed by atoms with Crippen LogP contribution in [0.2, 0.25) is 0 Å². The Balaban J connectivity index is 2.10. The first-order chi connectivity index (χ1) is 12.4. The Kier molecular flexibility index (Phi) is 7.01. The van der Waals surface area contributed by atoms with Gasteiger partial charge >= 0.3 is 11.9 Å². The van der Waals surface area contributed by atoms with Gasteiger partial charge in [-0.1, -0.05) is 49.8 Å². The lowest BCUT2D eigenvalue weighted by Gasteiger charge is -2.37. The maximum atomic E-state index is 12.6. The summed E-state index contributed by atoms with van der Waals surface area (Å²) < 4.78 is 11.4. The molecule has 1 aliphatic rings. The van der Waals surface area contributed by atoms with Crippen LogP contribution in [0.5, 0.6) is 0 Å². The molecule has 0 heterocycles. The van der Waals surface area contributed by atoms with Crippen LogP contribution in [0, 0.1) is 6.92 Å². The normalized spacial score (nSPS) is 17.2. The number of hydrogen-bond acceptors (Lipinski definition) is 4. The quantitative estimate of drug-likeness (QED) is 0.509. The van der Waals surface area contributed by atoms with Gasteiger partial charge < -0.3 is 9.47 Å². The predicted octanol–water partition coefficient (Wildman–Crippen LogP) is 4.99. The Labute approximate surface area is 156 Å². The molecule has 4 nitrogen and oxygen atoms in total. The average molecular weight is 358 g/mol. The molecule has 4 heteroatoms. The van der Waals surface area contributed by atoms with Crippen LogP contribution >= 0.6 is 0 Å². The molecule has 0 amide bonds. The molecule has 1 unspecified atom stereocenters. The summed E-state index contributed by atoms with van der Waals surface area (Å²) in [4.78, 5) is 24.4. The standard InChI is InChI=1S/C22H30O4/c1-5-19(25-21(24)16(2)3)15-20(23)26-22(13-7-6-8-14-22)18-11-9-17(4)10-12-18/h9-12,19H,2,5-8,13-15H2,1,3-4H3. The van der Waals surface area contributed by atoms with Crippen molar-refractivity contribution in [2.75, 3.05) is 0 Å². The molecule has 1 atom stereocenters. The molecule has 142 valence electrons. The molecular weight excluding hydrogens is 328 g/mol. The summed E-state index contributed by atoms with van der Waals surface area (Å²) in [5, 5.41) is 0. The summed E-state index contributed by atoms with van der Waals surface area (Å²) in [5.41, 5.74) is 2.02. The van der Waals surface area contributed by atoms with E-state index in [2.05, 4.69) is 30.8 Å². The van der Waals surface area contributed by atoms with Gasteiger partial charge in [0.2, 0.25) is 0 Å². The Hall–Kier alpha value is -2.10. The summed E-state index contributed by atoms with van der Waals surface area (Å²) in [6, 6.07) is 8.24. The number of ether oxygens (including phenoxy) is 2. The van der Waals surface area contributed by atoms with Crippen molar-refractivity contribution in [3.63, 3.8) is 0 Å². The highest BCUT2D eigenvalue weighted by Crippen LogP contribution is 2.41. The minimum Gasteiger partial charge on any atom is -0.458 e. The van der Waals surface area contributed by atoms with E-state index in [0.29, 0.717) is 12.0 Å². The monoisotopic (exact) mass is 358 g/mol. The molecule has 2 rings (SSSR count). The van der Waals surface area contributed by atoms with Gasteiger partial charge in [0.1, 0.15) is 11.7 Å². The van der Waals surface area contributed by atoms with E-state index in [9.17, 15) is 9.59 Å².